The van der Waals surface area contributed by atoms with Crippen molar-refractivity contribution in [1.82, 2.24) is 14.5 Å². The van der Waals surface area contributed by atoms with E-state index in [1.807, 2.05) is 33.7 Å². The maximum Gasteiger partial charge on any atom is 0.247 e. The molecule has 0 bridgehead atoms. The molecule has 1 amide bonds. The Morgan fingerprint density at radius 2 is 1.89 bits per heavy atom. The molecule has 2 fully saturated rings. The van der Waals surface area contributed by atoms with Gasteiger partial charge in [-0.25, -0.2) is 9.37 Å². The third kappa shape index (κ3) is 8.76. The van der Waals surface area contributed by atoms with E-state index in [0.29, 0.717) is 67.4 Å². The first-order chi connectivity index (χ1) is 25.0. The van der Waals surface area contributed by atoms with Crippen LogP contribution in [0.4, 0.5) is 4.39 Å². The molecule has 2 aromatic heterocycles. The molecule has 4 atom stereocenters. The molecule has 0 spiro atoms. The fraction of sp³-hybridized carbons (Fsp3) is 0.600. The van der Waals surface area contributed by atoms with Crippen LogP contribution in [0.3, 0.4) is 0 Å². The standard InChI is InChI=1S/C40H58FN3O7Si2/c1-40(2,3)53(8,9)50-24-36(46)43-16-14-26(15-17-43)27-10-11-28(34(20-27)47-4)38-30(41)21-32-31(42-38)22-37(44(32)25-48-18-19-52(5,6)7)51-35-23-49-39-29(35)12-13-33(39)45/h10-11,14,20-22,29,33,35,39,45H,12-13,15-19,23-25H2,1-9H3/t29-,33-,35-,39+/m1/s1. The Morgan fingerprint density at radius 1 is 1.11 bits per heavy atom. The number of carbonyl (C=O) groups excluding carboxylic acids is 1. The van der Waals surface area contributed by atoms with Crippen molar-refractivity contribution in [3.8, 4) is 22.9 Å². The largest absolute Gasteiger partial charge is 0.496 e. The number of aliphatic hydroxyl groups excluding tert-OH is 1. The van der Waals surface area contributed by atoms with E-state index in [0.717, 1.165) is 23.6 Å². The van der Waals surface area contributed by atoms with Gasteiger partial charge in [-0.1, -0.05) is 52.6 Å². The van der Waals surface area contributed by atoms with Crippen molar-refractivity contribution in [3.05, 3.63) is 47.8 Å². The van der Waals surface area contributed by atoms with E-state index in [9.17, 15) is 9.90 Å². The van der Waals surface area contributed by atoms with Crippen LogP contribution in [-0.2, 0) is 25.4 Å². The van der Waals surface area contributed by atoms with Gasteiger partial charge in [-0.05, 0) is 66.7 Å². The maximum atomic E-state index is 16.1. The number of ether oxygens (including phenoxy) is 4. The molecule has 10 nitrogen and oxygen atoms in total. The van der Waals surface area contributed by atoms with Crippen LogP contribution in [0.1, 0.15) is 45.6 Å². The fourth-order valence-electron chi connectivity index (χ4n) is 7.09. The molecule has 13 heteroatoms. The lowest BCUT2D eigenvalue weighted by Gasteiger charge is -2.36. The number of benzene rings is 1. The van der Waals surface area contributed by atoms with E-state index >= 15 is 4.39 Å². The molecule has 53 heavy (non-hydrogen) atoms. The highest BCUT2D eigenvalue weighted by atomic mass is 28.4. The number of methoxy groups -OCH3 is 1. The number of aliphatic hydroxyl groups is 1. The Morgan fingerprint density at radius 3 is 2.57 bits per heavy atom. The van der Waals surface area contributed by atoms with E-state index in [1.54, 1.807) is 7.11 Å². The highest BCUT2D eigenvalue weighted by molar-refractivity contribution is 6.76. The predicted molar refractivity (Wildman–Crippen MR) is 211 cm³/mol. The summed E-state index contributed by atoms with van der Waals surface area (Å²) in [4.78, 5) is 19.7. The van der Waals surface area contributed by atoms with Gasteiger partial charge >= 0.3 is 0 Å². The number of fused-ring (bicyclic) bond motifs is 2. The number of carbonyl (C=O) groups is 1. The molecule has 0 unspecified atom stereocenters. The van der Waals surface area contributed by atoms with Gasteiger partial charge in [-0.15, -0.1) is 0 Å². The third-order valence-electron chi connectivity index (χ3n) is 11.6. The second kappa shape index (κ2) is 15.6. The Hall–Kier alpha value is -3.08. The minimum atomic E-state index is -2.02. The molecule has 3 aliphatic rings. The lowest BCUT2D eigenvalue weighted by molar-refractivity contribution is -0.133. The summed E-state index contributed by atoms with van der Waals surface area (Å²) >= 11 is 0. The van der Waals surface area contributed by atoms with Gasteiger partial charge in [0.1, 0.15) is 30.9 Å². The van der Waals surface area contributed by atoms with Crippen LogP contribution in [-0.4, -0.2) is 100 Å². The van der Waals surface area contributed by atoms with Crippen molar-refractivity contribution in [3.63, 3.8) is 0 Å². The molecule has 3 aromatic rings. The number of amides is 1. The average molecular weight is 768 g/mol. The zero-order chi connectivity index (χ0) is 38.3. The van der Waals surface area contributed by atoms with Crippen LogP contribution in [0.5, 0.6) is 11.6 Å². The lowest BCUT2D eigenvalue weighted by atomic mass is 9.96. The van der Waals surface area contributed by atoms with Crippen LogP contribution in [0.2, 0.25) is 43.8 Å². The van der Waals surface area contributed by atoms with E-state index < -0.39 is 28.3 Å². The van der Waals surface area contributed by atoms with Gasteiger partial charge in [0.05, 0.1) is 37.0 Å². The predicted octanol–water partition coefficient (Wildman–Crippen LogP) is 7.72. The number of aromatic nitrogens is 2. The normalized spacial score (nSPS) is 22.3. The summed E-state index contributed by atoms with van der Waals surface area (Å²) in [5, 5.41) is 10.4. The van der Waals surface area contributed by atoms with Crippen LogP contribution in [0.15, 0.2) is 36.4 Å². The number of hydrogen-bond donors (Lipinski definition) is 1. The van der Waals surface area contributed by atoms with Crippen molar-refractivity contribution >= 4 is 38.9 Å². The number of nitrogens with zero attached hydrogens (tertiary/aromatic N) is 3. The molecule has 1 saturated carbocycles. The minimum Gasteiger partial charge on any atom is -0.496 e. The van der Waals surface area contributed by atoms with E-state index in [1.165, 1.54) is 6.07 Å². The van der Waals surface area contributed by atoms with Crippen LogP contribution in [0, 0.1) is 11.7 Å². The van der Waals surface area contributed by atoms with Crippen molar-refractivity contribution < 1.29 is 37.7 Å². The third-order valence-corrected chi connectivity index (χ3v) is 17.8. The Balaban J connectivity index is 1.22. The van der Waals surface area contributed by atoms with Gasteiger partial charge in [-0.3, -0.25) is 9.36 Å². The van der Waals surface area contributed by atoms with Gasteiger partial charge in [0, 0.05) is 51.4 Å². The van der Waals surface area contributed by atoms with Crippen molar-refractivity contribution in [2.45, 2.75) is 109 Å². The molecule has 1 aromatic carbocycles. The van der Waals surface area contributed by atoms with Gasteiger partial charge in [0.2, 0.25) is 5.91 Å². The van der Waals surface area contributed by atoms with Gasteiger partial charge in [0.25, 0.3) is 0 Å². The molecule has 2 aliphatic heterocycles. The van der Waals surface area contributed by atoms with E-state index in [4.69, 9.17) is 28.4 Å². The molecule has 1 aliphatic carbocycles. The summed E-state index contributed by atoms with van der Waals surface area (Å²) < 4.78 is 48.6. The van der Waals surface area contributed by atoms with E-state index in [-0.39, 0.29) is 48.1 Å². The first-order valence-electron chi connectivity index (χ1n) is 19.0. The molecular weight excluding hydrogens is 710 g/mol. The second-order valence-electron chi connectivity index (χ2n) is 17.5. The summed E-state index contributed by atoms with van der Waals surface area (Å²) in [6.07, 6.45) is 3.36. The Labute approximate surface area is 315 Å². The average Bonchev–Trinajstić information content (AvgIpc) is 3.78. The highest BCUT2D eigenvalue weighted by Crippen LogP contribution is 2.41. The number of halogens is 1. The maximum absolute atomic E-state index is 16.1. The second-order valence-corrected chi connectivity index (χ2v) is 28.0. The summed E-state index contributed by atoms with van der Waals surface area (Å²) in [5.41, 5.74) is 3.95. The number of rotatable bonds is 13. The molecule has 0 radical (unpaired) electrons. The minimum absolute atomic E-state index is 0.00798. The molecule has 290 valence electrons. The Kier molecular flexibility index (Phi) is 11.6. The molecule has 4 heterocycles. The lowest BCUT2D eigenvalue weighted by Crippen LogP contribution is -2.45. The van der Waals surface area contributed by atoms with Gasteiger partial charge in [-0.2, -0.15) is 0 Å². The highest BCUT2D eigenvalue weighted by Gasteiger charge is 2.47. The smallest absolute Gasteiger partial charge is 0.247 e. The van der Waals surface area contributed by atoms with Crippen molar-refractivity contribution in [1.29, 1.82) is 0 Å². The SMILES string of the molecule is COc1cc(C2=CCN(C(=O)CO[Si](C)(C)C(C)(C)C)CC2)ccc1-c1nc2cc(O[C@@H]3CO[C@H]4[C@@H]3CC[C@H]4O)n(COCC[Si](C)(C)C)c2cc1F. The molecule has 6 rings (SSSR count). The monoisotopic (exact) mass is 767 g/mol. The zero-order valence-corrected chi connectivity index (χ0v) is 35.0. The quantitative estimate of drug-likeness (QED) is 0.139. The Bertz CT molecular complexity index is 1830. The summed E-state index contributed by atoms with van der Waals surface area (Å²) in [6.45, 7) is 20.1. The first kappa shape index (κ1) is 39.6. The van der Waals surface area contributed by atoms with Crippen LogP contribution in [0.25, 0.3) is 27.9 Å². The summed E-state index contributed by atoms with van der Waals surface area (Å²) in [6, 6.07) is 10.1. The molecular formula is C40H58FN3O7Si2. The topological polar surface area (TPSA) is 105 Å². The van der Waals surface area contributed by atoms with Crippen molar-refractivity contribution in [2.75, 3.05) is 40.0 Å². The molecule has 1 N–H and O–H groups in total. The summed E-state index contributed by atoms with van der Waals surface area (Å²) in [7, 11) is -1.76. The van der Waals surface area contributed by atoms with Gasteiger partial charge < -0.3 is 33.4 Å². The number of hydrogen-bond acceptors (Lipinski definition) is 8. The van der Waals surface area contributed by atoms with E-state index in [2.05, 4.69) is 59.6 Å². The van der Waals surface area contributed by atoms with Crippen LogP contribution < -0.4 is 9.47 Å². The van der Waals surface area contributed by atoms with Crippen LogP contribution >= 0.6 is 0 Å². The van der Waals surface area contributed by atoms with Crippen molar-refractivity contribution in [2.24, 2.45) is 5.92 Å². The van der Waals surface area contributed by atoms with Gasteiger partial charge in [0.15, 0.2) is 20.0 Å². The first-order valence-corrected chi connectivity index (χ1v) is 25.6. The number of pyridine rings is 1. The zero-order valence-electron chi connectivity index (χ0n) is 33.0. The molecule has 1 saturated heterocycles. The fourth-order valence-corrected chi connectivity index (χ4v) is 8.77. The summed E-state index contributed by atoms with van der Waals surface area (Å²) in [5.74, 6) is 0.670.